The number of ketones is 1. The topological polar surface area (TPSA) is 26.3 Å². The Morgan fingerprint density at radius 1 is 1.67 bits per heavy atom. The molecule has 12 heavy (non-hydrogen) atoms. The Balaban J connectivity index is 2.51. The SMILES string of the molecule is CCC(C)C(=O)C1CCOC1C. The monoisotopic (exact) mass is 170 g/mol. The van der Waals surface area contributed by atoms with Crippen molar-refractivity contribution in [3.8, 4) is 0 Å². The normalized spacial score (nSPS) is 31.9. The molecular formula is C10H18O2. The van der Waals surface area contributed by atoms with Crippen LogP contribution in [0.5, 0.6) is 0 Å². The molecule has 0 N–H and O–H groups in total. The van der Waals surface area contributed by atoms with Gasteiger partial charge in [-0.1, -0.05) is 13.8 Å². The van der Waals surface area contributed by atoms with E-state index >= 15 is 0 Å². The zero-order valence-corrected chi connectivity index (χ0v) is 8.17. The molecule has 1 saturated heterocycles. The highest BCUT2D eigenvalue weighted by Crippen LogP contribution is 2.25. The van der Waals surface area contributed by atoms with E-state index in [1.165, 1.54) is 0 Å². The lowest BCUT2D eigenvalue weighted by Gasteiger charge is -2.16. The van der Waals surface area contributed by atoms with Crippen LogP contribution in [0.15, 0.2) is 0 Å². The smallest absolute Gasteiger partial charge is 0.141 e. The first kappa shape index (κ1) is 9.72. The van der Waals surface area contributed by atoms with Gasteiger partial charge in [0, 0.05) is 18.4 Å². The molecule has 0 aromatic rings. The van der Waals surface area contributed by atoms with Crippen LogP contribution in [-0.2, 0) is 9.53 Å². The highest BCUT2D eigenvalue weighted by atomic mass is 16.5. The average molecular weight is 170 g/mol. The van der Waals surface area contributed by atoms with E-state index in [-0.39, 0.29) is 17.9 Å². The minimum absolute atomic E-state index is 0.145. The van der Waals surface area contributed by atoms with Gasteiger partial charge in [0.25, 0.3) is 0 Å². The molecule has 0 bridgehead atoms. The third kappa shape index (κ3) is 1.86. The van der Waals surface area contributed by atoms with Gasteiger partial charge in [-0.15, -0.1) is 0 Å². The second kappa shape index (κ2) is 4.04. The average Bonchev–Trinajstić information content (AvgIpc) is 2.48. The molecule has 0 aromatic carbocycles. The number of Topliss-reactive ketones (excluding diaryl/α,β-unsaturated/α-hetero) is 1. The van der Waals surface area contributed by atoms with Gasteiger partial charge in [0.15, 0.2) is 0 Å². The Hall–Kier alpha value is -0.370. The maximum absolute atomic E-state index is 11.7. The van der Waals surface area contributed by atoms with E-state index in [4.69, 9.17) is 4.74 Å². The zero-order valence-electron chi connectivity index (χ0n) is 8.17. The van der Waals surface area contributed by atoms with E-state index in [1.807, 2.05) is 13.8 Å². The fourth-order valence-electron chi connectivity index (χ4n) is 1.67. The summed E-state index contributed by atoms with van der Waals surface area (Å²) in [5.74, 6) is 0.765. The second-order valence-corrected chi connectivity index (χ2v) is 3.68. The van der Waals surface area contributed by atoms with Gasteiger partial charge in [0.05, 0.1) is 6.10 Å². The second-order valence-electron chi connectivity index (χ2n) is 3.68. The zero-order chi connectivity index (χ0) is 9.14. The number of carbonyl (C=O) groups is 1. The Bertz CT molecular complexity index is 165. The van der Waals surface area contributed by atoms with Crippen molar-refractivity contribution < 1.29 is 9.53 Å². The summed E-state index contributed by atoms with van der Waals surface area (Å²) in [5.41, 5.74) is 0. The van der Waals surface area contributed by atoms with Crippen molar-refractivity contribution in [2.45, 2.75) is 39.7 Å². The van der Waals surface area contributed by atoms with Gasteiger partial charge < -0.3 is 4.74 Å². The standard InChI is InChI=1S/C10H18O2/c1-4-7(2)10(11)9-5-6-12-8(9)3/h7-9H,4-6H2,1-3H3. The molecule has 0 aromatic heterocycles. The minimum atomic E-state index is 0.145. The first-order valence-corrected chi connectivity index (χ1v) is 4.82. The van der Waals surface area contributed by atoms with E-state index in [1.54, 1.807) is 0 Å². The van der Waals surface area contributed by atoms with Crippen molar-refractivity contribution in [1.82, 2.24) is 0 Å². The number of rotatable bonds is 3. The van der Waals surface area contributed by atoms with E-state index in [0.29, 0.717) is 5.78 Å². The van der Waals surface area contributed by atoms with E-state index in [2.05, 4.69) is 6.92 Å². The predicted octanol–water partition coefficient (Wildman–Crippen LogP) is 2.03. The molecule has 0 saturated carbocycles. The van der Waals surface area contributed by atoms with Crippen LogP contribution < -0.4 is 0 Å². The van der Waals surface area contributed by atoms with Gasteiger partial charge in [-0.2, -0.15) is 0 Å². The third-order valence-corrected chi connectivity index (χ3v) is 2.84. The molecule has 2 heteroatoms. The van der Waals surface area contributed by atoms with Crippen LogP contribution in [0.25, 0.3) is 0 Å². The number of hydrogen-bond acceptors (Lipinski definition) is 2. The minimum Gasteiger partial charge on any atom is -0.378 e. The molecule has 1 aliphatic rings. The highest BCUT2D eigenvalue weighted by molar-refractivity contribution is 5.83. The Labute approximate surface area is 74.3 Å². The Morgan fingerprint density at radius 3 is 2.75 bits per heavy atom. The summed E-state index contributed by atoms with van der Waals surface area (Å²) in [6.07, 6.45) is 2.01. The summed E-state index contributed by atoms with van der Waals surface area (Å²) in [4.78, 5) is 11.7. The van der Waals surface area contributed by atoms with Gasteiger partial charge in [-0.3, -0.25) is 4.79 Å². The fraction of sp³-hybridized carbons (Fsp3) is 0.900. The van der Waals surface area contributed by atoms with Crippen LogP contribution in [0.1, 0.15) is 33.6 Å². The predicted molar refractivity (Wildman–Crippen MR) is 48.0 cm³/mol. The van der Waals surface area contributed by atoms with Crippen LogP contribution >= 0.6 is 0 Å². The van der Waals surface area contributed by atoms with Crippen molar-refractivity contribution in [2.24, 2.45) is 11.8 Å². The highest BCUT2D eigenvalue weighted by Gasteiger charge is 2.32. The molecule has 3 unspecified atom stereocenters. The molecule has 1 heterocycles. The fourth-order valence-corrected chi connectivity index (χ4v) is 1.67. The molecule has 1 rings (SSSR count). The van der Waals surface area contributed by atoms with Crippen LogP contribution in [-0.4, -0.2) is 18.5 Å². The van der Waals surface area contributed by atoms with Gasteiger partial charge in [-0.25, -0.2) is 0 Å². The van der Waals surface area contributed by atoms with Gasteiger partial charge in [0.1, 0.15) is 5.78 Å². The summed E-state index contributed by atoms with van der Waals surface area (Å²) in [6, 6.07) is 0. The van der Waals surface area contributed by atoms with Gasteiger partial charge in [0.2, 0.25) is 0 Å². The summed E-state index contributed by atoms with van der Waals surface area (Å²) < 4.78 is 5.36. The van der Waals surface area contributed by atoms with E-state index < -0.39 is 0 Å². The van der Waals surface area contributed by atoms with E-state index in [0.717, 1.165) is 19.4 Å². The molecule has 0 spiro atoms. The van der Waals surface area contributed by atoms with Crippen molar-refractivity contribution >= 4 is 5.78 Å². The van der Waals surface area contributed by atoms with Crippen molar-refractivity contribution in [3.63, 3.8) is 0 Å². The summed E-state index contributed by atoms with van der Waals surface area (Å²) in [6.45, 7) is 6.82. The van der Waals surface area contributed by atoms with Crippen molar-refractivity contribution in [3.05, 3.63) is 0 Å². The van der Waals surface area contributed by atoms with Crippen molar-refractivity contribution in [1.29, 1.82) is 0 Å². The molecular weight excluding hydrogens is 152 g/mol. The van der Waals surface area contributed by atoms with Crippen LogP contribution in [0.2, 0.25) is 0 Å². The molecule has 0 radical (unpaired) electrons. The molecule has 2 nitrogen and oxygen atoms in total. The van der Waals surface area contributed by atoms with Crippen LogP contribution in [0, 0.1) is 11.8 Å². The maximum Gasteiger partial charge on any atom is 0.141 e. The summed E-state index contributed by atoms with van der Waals surface area (Å²) >= 11 is 0. The largest absolute Gasteiger partial charge is 0.378 e. The van der Waals surface area contributed by atoms with Crippen LogP contribution in [0.3, 0.4) is 0 Å². The Kier molecular flexibility index (Phi) is 3.27. The summed E-state index contributed by atoms with van der Waals surface area (Å²) in [5, 5.41) is 0. The maximum atomic E-state index is 11.7. The molecule has 0 aliphatic carbocycles. The van der Waals surface area contributed by atoms with Crippen molar-refractivity contribution in [2.75, 3.05) is 6.61 Å². The molecule has 3 atom stereocenters. The van der Waals surface area contributed by atoms with Crippen LogP contribution in [0.4, 0.5) is 0 Å². The van der Waals surface area contributed by atoms with Gasteiger partial charge >= 0.3 is 0 Å². The lowest BCUT2D eigenvalue weighted by molar-refractivity contribution is -0.127. The van der Waals surface area contributed by atoms with Gasteiger partial charge in [-0.05, 0) is 19.8 Å². The molecule has 1 fully saturated rings. The van der Waals surface area contributed by atoms with E-state index in [9.17, 15) is 4.79 Å². The number of hydrogen-bond donors (Lipinski definition) is 0. The first-order chi connectivity index (χ1) is 5.66. The lowest BCUT2D eigenvalue weighted by atomic mass is 9.88. The molecule has 0 amide bonds. The molecule has 70 valence electrons. The number of carbonyl (C=O) groups excluding carboxylic acids is 1. The third-order valence-electron chi connectivity index (χ3n) is 2.84. The Morgan fingerprint density at radius 2 is 2.33 bits per heavy atom. The summed E-state index contributed by atoms with van der Waals surface area (Å²) in [7, 11) is 0. The first-order valence-electron chi connectivity index (χ1n) is 4.82. The molecule has 1 aliphatic heterocycles. The number of ether oxygens (including phenoxy) is 1. The quantitative estimate of drug-likeness (QED) is 0.647. The lowest BCUT2D eigenvalue weighted by Crippen LogP contribution is -2.26.